The maximum Gasteiger partial charge on any atom is 0.303 e. The first-order valence-electron chi connectivity index (χ1n) is 10.8. The highest BCUT2D eigenvalue weighted by Gasteiger charge is 2.12. The lowest BCUT2D eigenvalue weighted by Crippen LogP contribution is -2.09. The lowest BCUT2D eigenvalue weighted by molar-refractivity contribution is -0.136. The number of nitrogens with zero attached hydrogens (tertiary/aromatic N) is 1. The summed E-state index contributed by atoms with van der Waals surface area (Å²) in [6.07, 6.45) is 0.707. The van der Waals surface area contributed by atoms with E-state index in [0.29, 0.717) is 6.42 Å². The summed E-state index contributed by atoms with van der Waals surface area (Å²) >= 11 is 0. The molecule has 0 atom stereocenters. The van der Waals surface area contributed by atoms with Gasteiger partial charge in [0.15, 0.2) is 0 Å². The summed E-state index contributed by atoms with van der Waals surface area (Å²) in [6.45, 7) is 4.20. The number of rotatable bonds is 7. The Morgan fingerprint density at radius 3 is 1.41 bits per heavy atom. The summed E-state index contributed by atoms with van der Waals surface area (Å²) in [7, 11) is 0. The molecule has 0 bridgehead atoms. The summed E-state index contributed by atoms with van der Waals surface area (Å²) in [4.78, 5) is 13.0. The van der Waals surface area contributed by atoms with E-state index in [1.807, 2.05) is 12.1 Å². The predicted molar refractivity (Wildman–Crippen MR) is 132 cm³/mol. The summed E-state index contributed by atoms with van der Waals surface area (Å²) in [5, 5.41) is 8.87. The molecule has 0 saturated carbocycles. The van der Waals surface area contributed by atoms with Gasteiger partial charge in [0.05, 0.1) is 0 Å². The Kier molecular flexibility index (Phi) is 6.37. The zero-order valence-electron chi connectivity index (χ0n) is 18.5. The van der Waals surface area contributed by atoms with Crippen LogP contribution in [0.4, 0.5) is 17.1 Å². The minimum atomic E-state index is -0.767. The van der Waals surface area contributed by atoms with Crippen molar-refractivity contribution >= 4 is 23.0 Å². The molecule has 0 heterocycles. The molecule has 3 nitrogen and oxygen atoms in total. The standard InChI is InChI=1S/C29H27NO2/c1-21-3-14-26(15-4-21)30(27-16-5-22(2)6-17-27)28-18-12-25(13-19-28)24-10-7-23(8-11-24)9-20-29(31)32/h3-8,10-19H,9,20H2,1-2H3,(H,31,32). The van der Waals surface area contributed by atoms with Crippen LogP contribution in [-0.2, 0) is 11.2 Å². The molecule has 0 aliphatic carbocycles. The minimum Gasteiger partial charge on any atom is -0.481 e. The van der Waals surface area contributed by atoms with Gasteiger partial charge in [0.25, 0.3) is 0 Å². The molecule has 160 valence electrons. The smallest absolute Gasteiger partial charge is 0.303 e. The first-order valence-corrected chi connectivity index (χ1v) is 10.8. The number of carboxylic acids is 1. The van der Waals surface area contributed by atoms with Gasteiger partial charge in [-0.05, 0) is 73.4 Å². The highest BCUT2D eigenvalue weighted by molar-refractivity contribution is 5.78. The van der Waals surface area contributed by atoms with Crippen molar-refractivity contribution < 1.29 is 9.90 Å². The molecule has 0 aromatic heterocycles. The lowest BCUT2D eigenvalue weighted by atomic mass is 10.0. The number of hydrogen-bond acceptors (Lipinski definition) is 2. The fourth-order valence-corrected chi connectivity index (χ4v) is 3.75. The summed E-state index contributed by atoms with van der Waals surface area (Å²) in [5.74, 6) is -0.767. The summed E-state index contributed by atoms with van der Waals surface area (Å²) < 4.78 is 0. The molecule has 32 heavy (non-hydrogen) atoms. The van der Waals surface area contributed by atoms with Crippen molar-refractivity contribution in [2.45, 2.75) is 26.7 Å². The van der Waals surface area contributed by atoms with E-state index in [-0.39, 0.29) is 6.42 Å². The molecule has 0 unspecified atom stereocenters. The molecule has 3 heteroatoms. The average Bonchev–Trinajstić information content (AvgIpc) is 2.81. The van der Waals surface area contributed by atoms with Gasteiger partial charge in [-0.15, -0.1) is 0 Å². The molecule has 0 spiro atoms. The van der Waals surface area contributed by atoms with Crippen molar-refractivity contribution in [1.82, 2.24) is 0 Å². The Bertz CT molecular complexity index is 1130. The van der Waals surface area contributed by atoms with Gasteiger partial charge in [-0.2, -0.15) is 0 Å². The Morgan fingerprint density at radius 1 is 0.625 bits per heavy atom. The van der Waals surface area contributed by atoms with Crippen LogP contribution in [0, 0.1) is 13.8 Å². The van der Waals surface area contributed by atoms with Crippen molar-refractivity contribution in [1.29, 1.82) is 0 Å². The third kappa shape index (κ3) is 5.06. The van der Waals surface area contributed by atoms with Crippen LogP contribution in [0.1, 0.15) is 23.1 Å². The molecule has 0 amide bonds. The highest BCUT2D eigenvalue weighted by atomic mass is 16.4. The first-order chi connectivity index (χ1) is 15.5. The van der Waals surface area contributed by atoms with Gasteiger partial charge in [-0.25, -0.2) is 0 Å². The third-order valence-electron chi connectivity index (χ3n) is 5.62. The monoisotopic (exact) mass is 421 g/mol. The molecule has 0 radical (unpaired) electrons. The number of carbonyl (C=O) groups is 1. The number of carboxylic acid groups (broad SMARTS) is 1. The van der Waals surface area contributed by atoms with E-state index in [4.69, 9.17) is 5.11 Å². The van der Waals surface area contributed by atoms with E-state index in [0.717, 1.165) is 33.8 Å². The van der Waals surface area contributed by atoms with Crippen molar-refractivity contribution in [2.24, 2.45) is 0 Å². The van der Waals surface area contributed by atoms with E-state index in [1.54, 1.807) is 0 Å². The van der Waals surface area contributed by atoms with Gasteiger partial charge >= 0.3 is 5.97 Å². The number of aliphatic carboxylic acids is 1. The number of hydrogen-bond donors (Lipinski definition) is 1. The maximum atomic E-state index is 10.8. The molecule has 0 aliphatic heterocycles. The van der Waals surface area contributed by atoms with Crippen LogP contribution >= 0.6 is 0 Å². The molecular formula is C29H27NO2. The fourth-order valence-electron chi connectivity index (χ4n) is 3.75. The molecule has 0 fully saturated rings. The van der Waals surface area contributed by atoms with Gasteiger partial charge in [0.2, 0.25) is 0 Å². The topological polar surface area (TPSA) is 40.5 Å². The Labute approximate surface area is 189 Å². The van der Waals surface area contributed by atoms with E-state index in [9.17, 15) is 4.79 Å². The van der Waals surface area contributed by atoms with Gasteiger partial charge in [-0.1, -0.05) is 71.8 Å². The van der Waals surface area contributed by atoms with E-state index in [1.165, 1.54) is 11.1 Å². The zero-order chi connectivity index (χ0) is 22.5. The molecular weight excluding hydrogens is 394 g/mol. The second-order valence-corrected chi connectivity index (χ2v) is 8.14. The van der Waals surface area contributed by atoms with Crippen molar-refractivity contribution in [3.63, 3.8) is 0 Å². The van der Waals surface area contributed by atoms with Crippen LogP contribution in [0.25, 0.3) is 11.1 Å². The molecule has 0 aliphatic rings. The number of benzene rings is 4. The highest BCUT2D eigenvalue weighted by Crippen LogP contribution is 2.35. The van der Waals surface area contributed by atoms with Crippen LogP contribution in [0.15, 0.2) is 97.1 Å². The SMILES string of the molecule is Cc1ccc(N(c2ccc(C)cc2)c2ccc(-c3ccc(CCC(=O)O)cc3)cc2)cc1. The second kappa shape index (κ2) is 9.52. The van der Waals surface area contributed by atoms with E-state index in [2.05, 4.69) is 104 Å². The van der Waals surface area contributed by atoms with Gasteiger partial charge in [0.1, 0.15) is 0 Å². The normalized spacial score (nSPS) is 10.7. The molecule has 4 aromatic rings. The zero-order valence-corrected chi connectivity index (χ0v) is 18.5. The second-order valence-electron chi connectivity index (χ2n) is 8.14. The number of anilines is 3. The molecule has 4 aromatic carbocycles. The van der Waals surface area contributed by atoms with Crippen LogP contribution in [0.2, 0.25) is 0 Å². The molecule has 4 rings (SSSR count). The van der Waals surface area contributed by atoms with E-state index < -0.39 is 5.97 Å². The van der Waals surface area contributed by atoms with Crippen molar-refractivity contribution in [3.05, 3.63) is 114 Å². The number of aryl methyl sites for hydroxylation is 3. The van der Waals surface area contributed by atoms with Crippen LogP contribution in [0.3, 0.4) is 0 Å². The fraction of sp³-hybridized carbons (Fsp3) is 0.138. The molecule has 0 saturated heterocycles. The summed E-state index contributed by atoms with van der Waals surface area (Å²) in [5.41, 5.74) is 9.10. The van der Waals surface area contributed by atoms with Gasteiger partial charge in [0, 0.05) is 23.5 Å². The quantitative estimate of drug-likeness (QED) is 0.337. The average molecular weight is 422 g/mol. The van der Waals surface area contributed by atoms with E-state index >= 15 is 0 Å². The van der Waals surface area contributed by atoms with Crippen LogP contribution < -0.4 is 4.90 Å². The maximum absolute atomic E-state index is 10.8. The Hall–Kier alpha value is -3.85. The van der Waals surface area contributed by atoms with Gasteiger partial charge < -0.3 is 10.0 Å². The largest absolute Gasteiger partial charge is 0.481 e. The lowest BCUT2D eigenvalue weighted by Gasteiger charge is -2.26. The predicted octanol–water partition coefficient (Wildman–Crippen LogP) is 7.46. The first kappa shape index (κ1) is 21.4. The van der Waals surface area contributed by atoms with Crippen molar-refractivity contribution in [3.8, 4) is 11.1 Å². The third-order valence-corrected chi connectivity index (χ3v) is 5.62. The summed E-state index contributed by atoms with van der Waals surface area (Å²) in [6, 6.07) is 33.9. The van der Waals surface area contributed by atoms with Crippen LogP contribution in [0.5, 0.6) is 0 Å². The Balaban J connectivity index is 1.62. The minimum absolute atomic E-state index is 0.155. The van der Waals surface area contributed by atoms with Crippen LogP contribution in [-0.4, -0.2) is 11.1 Å². The Morgan fingerprint density at radius 2 is 1.00 bits per heavy atom. The van der Waals surface area contributed by atoms with Gasteiger partial charge in [-0.3, -0.25) is 4.79 Å². The molecule has 1 N–H and O–H groups in total. The van der Waals surface area contributed by atoms with Crippen molar-refractivity contribution in [2.75, 3.05) is 4.90 Å².